The van der Waals surface area contributed by atoms with E-state index in [1.165, 1.54) is 11.3 Å². The number of benzene rings is 1. The topological polar surface area (TPSA) is 70.6 Å². The third kappa shape index (κ3) is 4.31. The number of nitrogens with zero attached hydrogens (tertiary/aromatic N) is 4. The summed E-state index contributed by atoms with van der Waals surface area (Å²) < 4.78 is 5.35. The number of fused-ring (bicyclic) bond motifs is 1. The quantitative estimate of drug-likeness (QED) is 0.853. The molecule has 1 N–H and O–H groups in total. The van der Waals surface area contributed by atoms with Crippen LogP contribution in [-0.2, 0) is 11.2 Å². The van der Waals surface area contributed by atoms with Gasteiger partial charge in [-0.05, 0) is 31.4 Å². The number of amides is 1. The van der Waals surface area contributed by atoms with Crippen LogP contribution < -0.4 is 10.2 Å². The highest BCUT2D eigenvalue weighted by Crippen LogP contribution is 2.32. The first-order valence-electron chi connectivity index (χ1n) is 10.00. The molecule has 0 spiro atoms. The van der Waals surface area contributed by atoms with E-state index in [0.29, 0.717) is 18.1 Å². The molecular formula is C21H27N5O2. The molecule has 1 saturated heterocycles. The van der Waals surface area contributed by atoms with Crippen molar-refractivity contribution in [3.63, 3.8) is 0 Å². The van der Waals surface area contributed by atoms with Gasteiger partial charge in [0.05, 0.1) is 13.2 Å². The maximum Gasteiger partial charge on any atom is 0.270 e. The molecule has 0 saturated carbocycles. The molecule has 2 aliphatic rings. The predicted molar refractivity (Wildman–Crippen MR) is 108 cm³/mol. The van der Waals surface area contributed by atoms with Crippen LogP contribution in [0.5, 0.6) is 0 Å². The minimum Gasteiger partial charge on any atom is -0.379 e. The highest BCUT2D eigenvalue weighted by atomic mass is 16.5. The number of carbonyl (C=O) groups excluding carboxylic acids is 1. The molecule has 7 heteroatoms. The Morgan fingerprint density at radius 2 is 2.00 bits per heavy atom. The van der Waals surface area contributed by atoms with Crippen LogP contribution in [0.2, 0.25) is 0 Å². The average Bonchev–Trinajstić information content (AvgIpc) is 2.73. The number of rotatable bonds is 5. The summed E-state index contributed by atoms with van der Waals surface area (Å²) in [5.74, 6) is 1.25. The number of aromatic nitrogens is 2. The smallest absolute Gasteiger partial charge is 0.270 e. The van der Waals surface area contributed by atoms with Crippen molar-refractivity contribution < 1.29 is 9.53 Å². The van der Waals surface area contributed by atoms with Crippen LogP contribution >= 0.6 is 0 Å². The third-order valence-corrected chi connectivity index (χ3v) is 5.26. The second-order valence-electron chi connectivity index (χ2n) is 7.25. The Balaban J connectivity index is 1.46. The molecule has 1 amide bonds. The van der Waals surface area contributed by atoms with Gasteiger partial charge in [0.25, 0.3) is 5.91 Å². The van der Waals surface area contributed by atoms with Crippen LogP contribution in [0.25, 0.3) is 0 Å². The van der Waals surface area contributed by atoms with Crippen LogP contribution in [0.3, 0.4) is 0 Å². The van der Waals surface area contributed by atoms with E-state index < -0.39 is 0 Å². The Bertz CT molecular complexity index is 835. The molecule has 0 radical (unpaired) electrons. The predicted octanol–water partition coefficient (Wildman–Crippen LogP) is 1.93. The van der Waals surface area contributed by atoms with Crippen LogP contribution in [0.1, 0.15) is 28.3 Å². The summed E-state index contributed by atoms with van der Waals surface area (Å²) in [4.78, 5) is 26.1. The van der Waals surface area contributed by atoms with Crippen molar-refractivity contribution in [2.45, 2.75) is 19.8 Å². The summed E-state index contributed by atoms with van der Waals surface area (Å²) in [6, 6.07) is 10.2. The van der Waals surface area contributed by atoms with Crippen LogP contribution in [-0.4, -0.2) is 66.7 Å². The van der Waals surface area contributed by atoms with E-state index >= 15 is 0 Å². The highest BCUT2D eigenvalue weighted by Gasteiger charge is 2.21. The zero-order valence-electron chi connectivity index (χ0n) is 16.4. The lowest BCUT2D eigenvalue weighted by Gasteiger charge is -2.30. The fourth-order valence-corrected chi connectivity index (χ4v) is 3.82. The summed E-state index contributed by atoms with van der Waals surface area (Å²) in [5.41, 5.74) is 2.92. The average molecular weight is 381 g/mol. The Hall–Kier alpha value is -2.51. The molecule has 148 valence electrons. The largest absolute Gasteiger partial charge is 0.379 e. The summed E-state index contributed by atoms with van der Waals surface area (Å²) in [7, 11) is 0. The van der Waals surface area contributed by atoms with Gasteiger partial charge >= 0.3 is 0 Å². The van der Waals surface area contributed by atoms with Crippen LogP contribution in [0, 0.1) is 6.92 Å². The molecule has 0 aliphatic carbocycles. The molecule has 1 fully saturated rings. The van der Waals surface area contributed by atoms with E-state index in [1.807, 2.05) is 13.0 Å². The Labute approximate surface area is 165 Å². The normalized spacial score (nSPS) is 17.2. The number of nitrogens with one attached hydrogen (secondary N) is 1. The number of ether oxygens (including phenoxy) is 1. The van der Waals surface area contributed by atoms with E-state index in [4.69, 9.17) is 4.74 Å². The van der Waals surface area contributed by atoms with Gasteiger partial charge < -0.3 is 15.0 Å². The summed E-state index contributed by atoms with van der Waals surface area (Å²) >= 11 is 0. The second-order valence-corrected chi connectivity index (χ2v) is 7.25. The van der Waals surface area contributed by atoms with Gasteiger partial charge in [-0.2, -0.15) is 0 Å². The maximum atomic E-state index is 12.7. The summed E-state index contributed by atoms with van der Waals surface area (Å²) in [5, 5.41) is 2.99. The van der Waals surface area contributed by atoms with Crippen molar-refractivity contribution >= 4 is 17.4 Å². The van der Waals surface area contributed by atoms with Crippen molar-refractivity contribution in [1.82, 2.24) is 20.2 Å². The fourth-order valence-electron chi connectivity index (χ4n) is 3.82. The van der Waals surface area contributed by atoms with Crippen molar-refractivity contribution in [2.24, 2.45) is 0 Å². The Kier molecular flexibility index (Phi) is 5.83. The van der Waals surface area contributed by atoms with Gasteiger partial charge in [0.2, 0.25) is 0 Å². The van der Waals surface area contributed by atoms with Gasteiger partial charge in [-0.15, -0.1) is 0 Å². The molecule has 28 heavy (non-hydrogen) atoms. The van der Waals surface area contributed by atoms with Gasteiger partial charge in [-0.1, -0.05) is 18.2 Å². The number of para-hydroxylation sites is 1. The fraction of sp³-hybridized carbons (Fsp3) is 0.476. The molecule has 4 rings (SSSR count). The van der Waals surface area contributed by atoms with Crippen LogP contribution in [0.15, 0.2) is 30.3 Å². The molecule has 7 nitrogen and oxygen atoms in total. The third-order valence-electron chi connectivity index (χ3n) is 5.26. The van der Waals surface area contributed by atoms with Crippen molar-refractivity contribution in [3.8, 4) is 0 Å². The number of morpholine rings is 1. The number of hydrogen-bond donors (Lipinski definition) is 1. The number of aryl methyl sites for hydroxylation is 2. The number of anilines is 2. The zero-order valence-corrected chi connectivity index (χ0v) is 16.4. The molecule has 0 bridgehead atoms. The lowest BCUT2D eigenvalue weighted by molar-refractivity contribution is 0.0383. The summed E-state index contributed by atoms with van der Waals surface area (Å²) in [6.07, 6.45) is 2.15. The molecule has 0 atom stereocenters. The molecule has 0 unspecified atom stereocenters. The standard InChI is InChI=1S/C21H27N5O2/c1-16-23-18(21(27)22-8-10-25-11-13-28-14-12-25)15-20(24-16)26-9-4-6-17-5-2-3-7-19(17)26/h2-3,5,7,15H,4,6,8-14H2,1H3,(H,22,27). The second kappa shape index (κ2) is 8.67. The SMILES string of the molecule is Cc1nc(C(=O)NCCN2CCOCC2)cc(N2CCCc3ccccc32)n1. The van der Waals surface area contributed by atoms with Crippen molar-refractivity contribution in [2.75, 3.05) is 50.8 Å². The Morgan fingerprint density at radius 1 is 1.18 bits per heavy atom. The summed E-state index contributed by atoms with van der Waals surface area (Å²) in [6.45, 7) is 7.52. The molecule has 1 aromatic heterocycles. The van der Waals surface area contributed by atoms with E-state index in [-0.39, 0.29) is 5.91 Å². The first kappa shape index (κ1) is 18.8. The van der Waals surface area contributed by atoms with E-state index in [1.54, 1.807) is 6.07 Å². The maximum absolute atomic E-state index is 12.7. The molecule has 3 heterocycles. The van der Waals surface area contributed by atoms with E-state index in [9.17, 15) is 4.79 Å². The van der Waals surface area contributed by atoms with Crippen molar-refractivity contribution in [3.05, 3.63) is 47.4 Å². The first-order valence-corrected chi connectivity index (χ1v) is 10.00. The van der Waals surface area contributed by atoms with Gasteiger partial charge in [0.1, 0.15) is 17.3 Å². The van der Waals surface area contributed by atoms with Gasteiger partial charge in [0.15, 0.2) is 0 Å². The number of carbonyl (C=O) groups is 1. The minimum absolute atomic E-state index is 0.148. The molecule has 1 aromatic carbocycles. The molecule has 2 aromatic rings. The van der Waals surface area contributed by atoms with Gasteiger partial charge in [-0.25, -0.2) is 9.97 Å². The Morgan fingerprint density at radius 3 is 2.86 bits per heavy atom. The lowest BCUT2D eigenvalue weighted by atomic mass is 10.0. The minimum atomic E-state index is -0.148. The van der Waals surface area contributed by atoms with Gasteiger partial charge in [-0.3, -0.25) is 9.69 Å². The van der Waals surface area contributed by atoms with Gasteiger partial charge in [0, 0.05) is 44.5 Å². The monoisotopic (exact) mass is 381 g/mol. The van der Waals surface area contributed by atoms with Crippen LogP contribution in [0.4, 0.5) is 11.5 Å². The van der Waals surface area contributed by atoms with E-state index in [2.05, 4.69) is 43.3 Å². The lowest BCUT2D eigenvalue weighted by Crippen LogP contribution is -2.41. The number of hydrogen-bond acceptors (Lipinski definition) is 6. The molecular weight excluding hydrogens is 354 g/mol. The highest BCUT2D eigenvalue weighted by molar-refractivity contribution is 5.93. The van der Waals surface area contributed by atoms with E-state index in [0.717, 1.165) is 58.1 Å². The first-order chi connectivity index (χ1) is 13.7. The van der Waals surface area contributed by atoms with Crippen molar-refractivity contribution in [1.29, 1.82) is 0 Å². The molecule has 2 aliphatic heterocycles. The zero-order chi connectivity index (χ0) is 19.3.